The molecule has 0 fully saturated rings. The Morgan fingerprint density at radius 1 is 0.452 bits per heavy atom. The highest BCUT2D eigenvalue weighted by atomic mass is 16.6. The molecule has 0 unspecified atom stereocenters. The molecular weight excluding hydrogens is 520 g/mol. The fourth-order valence-electron chi connectivity index (χ4n) is 5.77. The summed E-state index contributed by atoms with van der Waals surface area (Å²) in [7, 11) is 0. The Balaban J connectivity index is 3.46. The fourth-order valence-corrected chi connectivity index (χ4v) is 5.77. The third-order valence-electron chi connectivity index (χ3n) is 8.67. The summed E-state index contributed by atoms with van der Waals surface area (Å²) in [5.74, 6) is 0.530. The Kier molecular flexibility index (Phi) is 32.0. The number of hydrogen-bond acceptors (Lipinski definition) is 4. The normalized spacial score (nSPS) is 12.8. The first-order valence-electron chi connectivity index (χ1n) is 18.8. The summed E-state index contributed by atoms with van der Waals surface area (Å²) in [6, 6.07) is 0. The van der Waals surface area contributed by atoms with Crippen molar-refractivity contribution < 1.29 is 19.1 Å². The quantitative estimate of drug-likeness (QED) is 0.0560. The van der Waals surface area contributed by atoms with Crippen LogP contribution in [0.15, 0.2) is 0 Å². The van der Waals surface area contributed by atoms with Crippen LogP contribution < -0.4 is 0 Å². The van der Waals surface area contributed by atoms with Crippen LogP contribution in [0.4, 0.5) is 0 Å². The Morgan fingerprint density at radius 3 is 1.19 bits per heavy atom. The molecule has 0 bridgehead atoms. The molecule has 4 heteroatoms. The average Bonchev–Trinajstić information content (AvgIpc) is 2.97. The lowest BCUT2D eigenvalue weighted by Crippen LogP contribution is -2.22. The second-order valence-corrected chi connectivity index (χ2v) is 13.3. The summed E-state index contributed by atoms with van der Waals surface area (Å²) in [4.78, 5) is 24.1. The van der Waals surface area contributed by atoms with Crippen LogP contribution in [0.25, 0.3) is 0 Å². The van der Waals surface area contributed by atoms with Crippen LogP contribution in [0.5, 0.6) is 0 Å². The van der Waals surface area contributed by atoms with Gasteiger partial charge in [-0.15, -0.1) is 0 Å². The molecular formula is C38H74O4. The molecule has 250 valence electrons. The summed E-state index contributed by atoms with van der Waals surface area (Å²) in [6.45, 7) is 8.94. The second-order valence-electron chi connectivity index (χ2n) is 13.3. The zero-order chi connectivity index (χ0) is 30.9. The number of ether oxygens (including phenoxy) is 2. The van der Waals surface area contributed by atoms with Crippen LogP contribution in [0.2, 0.25) is 0 Å². The van der Waals surface area contributed by atoms with Gasteiger partial charge >= 0.3 is 11.9 Å². The van der Waals surface area contributed by atoms with E-state index in [1.54, 1.807) is 0 Å². The van der Waals surface area contributed by atoms with E-state index in [9.17, 15) is 9.59 Å². The van der Waals surface area contributed by atoms with E-state index in [0.29, 0.717) is 12.8 Å². The second kappa shape index (κ2) is 32.8. The monoisotopic (exact) mass is 595 g/mol. The van der Waals surface area contributed by atoms with Crippen LogP contribution in [0, 0.1) is 5.92 Å². The molecule has 0 aliphatic carbocycles. The van der Waals surface area contributed by atoms with E-state index in [1.807, 2.05) is 6.92 Å². The molecule has 0 aliphatic heterocycles. The van der Waals surface area contributed by atoms with Gasteiger partial charge in [-0.2, -0.15) is 0 Å². The zero-order valence-corrected chi connectivity index (χ0v) is 29.0. The number of hydrogen-bond donors (Lipinski definition) is 0. The third kappa shape index (κ3) is 31.9. The van der Waals surface area contributed by atoms with Gasteiger partial charge in [0.25, 0.3) is 0 Å². The summed E-state index contributed by atoms with van der Waals surface area (Å²) >= 11 is 0. The number of carbonyl (C=O) groups excluding carboxylic acids is 2. The number of rotatable bonds is 33. The molecule has 2 atom stereocenters. The first-order chi connectivity index (χ1) is 20.5. The summed E-state index contributed by atoms with van der Waals surface area (Å²) in [5, 5.41) is 0. The van der Waals surface area contributed by atoms with E-state index in [2.05, 4.69) is 20.8 Å². The van der Waals surface area contributed by atoms with Crippen LogP contribution in [-0.2, 0) is 19.1 Å². The molecule has 0 aromatic rings. The minimum atomic E-state index is -0.369. The molecule has 0 rings (SSSR count). The Labute approximate surface area is 263 Å². The highest BCUT2D eigenvalue weighted by Gasteiger charge is 2.12. The Hall–Kier alpha value is -1.06. The lowest BCUT2D eigenvalue weighted by molar-refractivity contribution is -0.158. The van der Waals surface area contributed by atoms with Gasteiger partial charge in [0.2, 0.25) is 0 Å². The van der Waals surface area contributed by atoms with Crippen LogP contribution in [0.1, 0.15) is 214 Å². The minimum Gasteiger partial charge on any atom is -0.462 e. The van der Waals surface area contributed by atoms with Gasteiger partial charge in [0, 0.05) is 12.8 Å². The molecule has 0 spiro atoms. The van der Waals surface area contributed by atoms with Crippen molar-refractivity contribution in [2.75, 3.05) is 6.61 Å². The van der Waals surface area contributed by atoms with Gasteiger partial charge in [-0.1, -0.05) is 181 Å². The average molecular weight is 595 g/mol. The van der Waals surface area contributed by atoms with Gasteiger partial charge in [-0.25, -0.2) is 0 Å². The lowest BCUT2D eigenvalue weighted by Gasteiger charge is -2.13. The Bertz CT molecular complexity index is 575. The van der Waals surface area contributed by atoms with E-state index in [0.717, 1.165) is 31.6 Å². The molecule has 0 aromatic carbocycles. The molecule has 0 aromatic heterocycles. The Morgan fingerprint density at radius 2 is 0.786 bits per heavy atom. The molecule has 0 aliphatic rings. The first kappa shape index (κ1) is 40.9. The molecule has 0 saturated carbocycles. The van der Waals surface area contributed by atoms with Gasteiger partial charge in [-0.3, -0.25) is 9.59 Å². The standard InChI is InChI=1S/C38H74O4/c1-5-7-9-11-13-14-15-16-17-18-19-24-28-32-37(39)41-34-36(4)42-38(40)33-29-25-21-20-23-27-31-35(3)30-26-22-12-10-8-6-2/h35-36H,5-34H2,1-4H3/t35-,36-/m0/s1. The predicted molar refractivity (Wildman–Crippen MR) is 181 cm³/mol. The maximum absolute atomic E-state index is 12.1. The highest BCUT2D eigenvalue weighted by Crippen LogP contribution is 2.19. The van der Waals surface area contributed by atoms with E-state index in [-0.39, 0.29) is 24.6 Å². The van der Waals surface area contributed by atoms with Crippen LogP contribution >= 0.6 is 0 Å². The molecule has 0 heterocycles. The smallest absolute Gasteiger partial charge is 0.306 e. The van der Waals surface area contributed by atoms with Crippen molar-refractivity contribution in [3.8, 4) is 0 Å². The van der Waals surface area contributed by atoms with Crippen molar-refractivity contribution in [1.82, 2.24) is 0 Å². The van der Waals surface area contributed by atoms with E-state index < -0.39 is 0 Å². The third-order valence-corrected chi connectivity index (χ3v) is 8.67. The zero-order valence-electron chi connectivity index (χ0n) is 29.0. The molecule has 42 heavy (non-hydrogen) atoms. The van der Waals surface area contributed by atoms with Crippen molar-refractivity contribution in [3.63, 3.8) is 0 Å². The van der Waals surface area contributed by atoms with Gasteiger partial charge < -0.3 is 9.47 Å². The van der Waals surface area contributed by atoms with Gasteiger partial charge in [0.15, 0.2) is 0 Å². The largest absolute Gasteiger partial charge is 0.462 e. The van der Waals surface area contributed by atoms with Crippen molar-refractivity contribution in [2.45, 2.75) is 220 Å². The van der Waals surface area contributed by atoms with Gasteiger partial charge in [0.05, 0.1) is 0 Å². The molecule has 0 radical (unpaired) electrons. The number of unbranched alkanes of at least 4 members (excludes halogenated alkanes) is 22. The molecule has 4 nitrogen and oxygen atoms in total. The number of esters is 2. The van der Waals surface area contributed by atoms with Crippen molar-refractivity contribution >= 4 is 11.9 Å². The molecule has 0 amide bonds. The predicted octanol–water partition coefficient (Wildman–Crippen LogP) is 12.5. The van der Waals surface area contributed by atoms with Crippen molar-refractivity contribution in [2.24, 2.45) is 5.92 Å². The summed E-state index contributed by atoms with van der Waals surface area (Å²) in [6.07, 6.45) is 35.6. The van der Waals surface area contributed by atoms with E-state index in [4.69, 9.17) is 9.47 Å². The number of carbonyl (C=O) groups is 2. The van der Waals surface area contributed by atoms with Crippen molar-refractivity contribution in [3.05, 3.63) is 0 Å². The maximum Gasteiger partial charge on any atom is 0.306 e. The molecule has 0 saturated heterocycles. The van der Waals surface area contributed by atoms with Gasteiger partial charge in [-0.05, 0) is 25.7 Å². The van der Waals surface area contributed by atoms with Gasteiger partial charge in [0.1, 0.15) is 12.7 Å². The van der Waals surface area contributed by atoms with E-state index in [1.165, 1.54) is 148 Å². The summed E-state index contributed by atoms with van der Waals surface area (Å²) in [5.41, 5.74) is 0. The highest BCUT2D eigenvalue weighted by molar-refractivity contribution is 5.70. The van der Waals surface area contributed by atoms with Crippen molar-refractivity contribution in [1.29, 1.82) is 0 Å². The lowest BCUT2D eigenvalue weighted by atomic mass is 9.96. The first-order valence-corrected chi connectivity index (χ1v) is 18.8. The van der Waals surface area contributed by atoms with Crippen LogP contribution in [-0.4, -0.2) is 24.6 Å². The topological polar surface area (TPSA) is 52.6 Å². The SMILES string of the molecule is CCCCCCCCCCCCCCCC(=O)OC[C@H](C)OC(=O)CCCCCCCC[C@@H](C)CCCCCCCC. The molecule has 0 N–H and O–H groups in total. The fraction of sp³-hybridized carbons (Fsp3) is 0.947. The van der Waals surface area contributed by atoms with E-state index >= 15 is 0 Å². The van der Waals surface area contributed by atoms with Crippen LogP contribution in [0.3, 0.4) is 0 Å². The summed E-state index contributed by atoms with van der Waals surface area (Å²) < 4.78 is 10.8. The minimum absolute atomic E-state index is 0.167. The maximum atomic E-state index is 12.1.